The molecule has 69 heavy (non-hydrogen) atoms. The lowest BCUT2D eigenvalue weighted by molar-refractivity contribution is -0.302. The third-order valence-corrected chi connectivity index (χ3v) is 14.9. The molecule has 1 fully saturated rings. The topological polar surface area (TPSA) is 149 Å². The first-order valence-corrected chi connectivity index (χ1v) is 30.4. The van der Waals surface area contributed by atoms with Crippen LogP contribution in [-0.2, 0) is 14.3 Å². The van der Waals surface area contributed by atoms with Crippen LogP contribution in [0.15, 0.2) is 12.2 Å². The molecule has 1 saturated heterocycles. The van der Waals surface area contributed by atoms with Gasteiger partial charge < -0.3 is 40.3 Å². The Morgan fingerprint density at radius 3 is 1.13 bits per heavy atom. The van der Waals surface area contributed by atoms with Crippen molar-refractivity contribution in [2.45, 2.75) is 352 Å². The number of hydrogen-bond donors (Lipinski definition) is 6. The fraction of sp³-hybridized carbons (Fsp3) is 0.950. The van der Waals surface area contributed by atoms with Crippen molar-refractivity contribution in [3.63, 3.8) is 0 Å². The van der Waals surface area contributed by atoms with Gasteiger partial charge in [-0.2, -0.15) is 0 Å². The molecule has 410 valence electrons. The summed E-state index contributed by atoms with van der Waals surface area (Å²) in [6, 6.07) is -0.798. The molecule has 0 radical (unpaired) electrons. The van der Waals surface area contributed by atoms with Gasteiger partial charge in [0.2, 0.25) is 5.91 Å². The van der Waals surface area contributed by atoms with Crippen molar-refractivity contribution in [1.29, 1.82) is 0 Å². The maximum absolute atomic E-state index is 13.0. The first-order chi connectivity index (χ1) is 33.8. The quantitative estimate of drug-likeness (QED) is 0.0261. The summed E-state index contributed by atoms with van der Waals surface area (Å²) < 4.78 is 11.2. The van der Waals surface area contributed by atoms with Crippen molar-refractivity contribution < 1.29 is 39.8 Å². The number of carbonyl (C=O) groups excluding carboxylic acids is 1. The Labute approximate surface area is 426 Å². The van der Waals surface area contributed by atoms with Crippen LogP contribution in [0, 0.1) is 0 Å². The SMILES string of the molecule is CCCCCCCC/C=C/C(O)C(COC1OC(CO)C(O)C(O)C1O)NC(=O)CCCCCCCCCCCCCCCCCCCCCCCCCCCCCCCCCCCCCCCC. The average molecular weight is 981 g/mol. The highest BCUT2D eigenvalue weighted by molar-refractivity contribution is 5.76. The zero-order valence-corrected chi connectivity index (χ0v) is 45.6. The lowest BCUT2D eigenvalue weighted by Gasteiger charge is -2.40. The number of aliphatic hydroxyl groups is 5. The summed E-state index contributed by atoms with van der Waals surface area (Å²) in [4.78, 5) is 13.0. The van der Waals surface area contributed by atoms with Gasteiger partial charge in [0.15, 0.2) is 6.29 Å². The molecule has 9 nitrogen and oxygen atoms in total. The molecule has 6 N–H and O–H groups in total. The van der Waals surface area contributed by atoms with Crippen molar-refractivity contribution in [1.82, 2.24) is 5.32 Å². The Morgan fingerprint density at radius 2 is 0.797 bits per heavy atom. The van der Waals surface area contributed by atoms with Crippen LogP contribution in [0.1, 0.15) is 309 Å². The third-order valence-electron chi connectivity index (χ3n) is 14.9. The van der Waals surface area contributed by atoms with E-state index in [4.69, 9.17) is 9.47 Å². The molecule has 0 aromatic heterocycles. The van der Waals surface area contributed by atoms with E-state index in [0.717, 1.165) is 38.5 Å². The van der Waals surface area contributed by atoms with Gasteiger partial charge in [0.1, 0.15) is 24.4 Å². The van der Waals surface area contributed by atoms with E-state index in [1.165, 1.54) is 250 Å². The lowest BCUT2D eigenvalue weighted by atomic mass is 9.99. The summed E-state index contributed by atoms with van der Waals surface area (Å²) in [5.41, 5.74) is 0. The van der Waals surface area contributed by atoms with Crippen LogP contribution < -0.4 is 5.32 Å². The van der Waals surface area contributed by atoms with Crippen LogP contribution >= 0.6 is 0 Å². The molecule has 0 aromatic carbocycles. The standard InChI is InChI=1S/C60H117NO8/c1-3-5-7-9-11-13-14-15-16-17-18-19-20-21-22-23-24-25-26-27-28-29-30-31-32-33-34-35-36-37-38-39-40-41-42-44-46-48-50-56(64)61-53(54(63)49-47-45-43-12-10-8-6-4-2)52-68-60-59(67)58(66)57(65)55(51-62)69-60/h47,49,53-55,57-60,62-63,65-67H,3-46,48,50-52H2,1-2H3,(H,61,64)/b49-47+. The Bertz CT molecular complexity index is 1090. The molecule has 7 unspecified atom stereocenters. The number of carbonyl (C=O) groups is 1. The van der Waals surface area contributed by atoms with Gasteiger partial charge in [-0.05, 0) is 19.3 Å². The highest BCUT2D eigenvalue weighted by atomic mass is 16.7. The van der Waals surface area contributed by atoms with E-state index in [-0.39, 0.29) is 12.5 Å². The van der Waals surface area contributed by atoms with E-state index >= 15 is 0 Å². The molecular formula is C60H117NO8. The first kappa shape index (κ1) is 65.9. The molecular weight excluding hydrogens is 863 g/mol. The fourth-order valence-corrected chi connectivity index (χ4v) is 10.0. The van der Waals surface area contributed by atoms with E-state index in [1.54, 1.807) is 6.08 Å². The molecule has 0 saturated carbocycles. The van der Waals surface area contributed by atoms with Crippen LogP contribution in [0.3, 0.4) is 0 Å². The molecule has 0 aromatic rings. The summed E-state index contributed by atoms with van der Waals surface area (Å²) in [6.07, 6.45) is 56.4. The normalized spacial score (nSPS) is 19.4. The molecule has 0 bridgehead atoms. The maximum Gasteiger partial charge on any atom is 0.220 e. The van der Waals surface area contributed by atoms with Crippen LogP contribution in [-0.4, -0.2) is 87.5 Å². The smallest absolute Gasteiger partial charge is 0.220 e. The van der Waals surface area contributed by atoms with Crippen molar-refractivity contribution in [2.24, 2.45) is 0 Å². The monoisotopic (exact) mass is 980 g/mol. The number of nitrogens with one attached hydrogen (secondary N) is 1. The Hall–Kier alpha value is -1.07. The van der Waals surface area contributed by atoms with Gasteiger partial charge in [-0.1, -0.05) is 296 Å². The van der Waals surface area contributed by atoms with E-state index in [0.29, 0.717) is 6.42 Å². The van der Waals surface area contributed by atoms with E-state index in [1.807, 2.05) is 6.08 Å². The lowest BCUT2D eigenvalue weighted by Crippen LogP contribution is -2.60. The summed E-state index contributed by atoms with van der Waals surface area (Å²) in [7, 11) is 0. The van der Waals surface area contributed by atoms with Gasteiger partial charge in [-0.15, -0.1) is 0 Å². The van der Waals surface area contributed by atoms with Crippen LogP contribution in [0.4, 0.5) is 0 Å². The minimum atomic E-state index is -1.56. The molecule has 0 spiro atoms. The molecule has 1 aliphatic rings. The van der Waals surface area contributed by atoms with E-state index in [2.05, 4.69) is 19.2 Å². The van der Waals surface area contributed by atoms with Gasteiger partial charge in [-0.3, -0.25) is 4.79 Å². The highest BCUT2D eigenvalue weighted by Gasteiger charge is 2.44. The predicted molar refractivity (Wildman–Crippen MR) is 291 cm³/mol. The average Bonchev–Trinajstić information content (AvgIpc) is 3.35. The Morgan fingerprint density at radius 1 is 0.478 bits per heavy atom. The second-order valence-corrected chi connectivity index (χ2v) is 21.5. The molecule has 9 heteroatoms. The molecule has 1 rings (SSSR count). The molecule has 7 atom stereocenters. The van der Waals surface area contributed by atoms with Crippen molar-refractivity contribution >= 4 is 5.91 Å². The van der Waals surface area contributed by atoms with Gasteiger partial charge in [-0.25, -0.2) is 0 Å². The largest absolute Gasteiger partial charge is 0.394 e. The number of unbranched alkanes of at least 4 members (excludes halogenated alkanes) is 43. The molecule has 0 aliphatic carbocycles. The number of allylic oxidation sites excluding steroid dienone is 1. The summed E-state index contributed by atoms with van der Waals surface area (Å²) in [6.45, 7) is 3.76. The maximum atomic E-state index is 13.0. The number of amides is 1. The number of hydrogen-bond acceptors (Lipinski definition) is 8. The van der Waals surface area contributed by atoms with Crippen molar-refractivity contribution in [3.05, 3.63) is 12.2 Å². The zero-order valence-electron chi connectivity index (χ0n) is 45.6. The second-order valence-electron chi connectivity index (χ2n) is 21.5. The molecule has 1 heterocycles. The number of ether oxygens (including phenoxy) is 2. The van der Waals surface area contributed by atoms with E-state index < -0.39 is 49.5 Å². The van der Waals surface area contributed by atoms with Gasteiger partial charge in [0.25, 0.3) is 0 Å². The van der Waals surface area contributed by atoms with Gasteiger partial charge in [0, 0.05) is 6.42 Å². The highest BCUT2D eigenvalue weighted by Crippen LogP contribution is 2.23. The minimum absolute atomic E-state index is 0.174. The zero-order chi connectivity index (χ0) is 50.1. The first-order valence-electron chi connectivity index (χ1n) is 30.4. The summed E-state index contributed by atoms with van der Waals surface area (Å²) >= 11 is 0. The van der Waals surface area contributed by atoms with Gasteiger partial charge >= 0.3 is 0 Å². The van der Waals surface area contributed by atoms with Crippen molar-refractivity contribution in [3.8, 4) is 0 Å². The predicted octanol–water partition coefficient (Wildman–Crippen LogP) is 15.2. The molecule has 1 amide bonds. The van der Waals surface area contributed by atoms with Crippen molar-refractivity contribution in [2.75, 3.05) is 13.2 Å². The number of aliphatic hydroxyl groups excluding tert-OH is 5. The van der Waals surface area contributed by atoms with Crippen LogP contribution in [0.25, 0.3) is 0 Å². The number of rotatable bonds is 53. The van der Waals surface area contributed by atoms with Gasteiger partial charge in [0.05, 0.1) is 25.4 Å². The third kappa shape index (κ3) is 40.1. The second kappa shape index (κ2) is 50.5. The fourth-order valence-electron chi connectivity index (χ4n) is 10.0. The summed E-state index contributed by atoms with van der Waals surface area (Å²) in [5.74, 6) is -0.174. The van der Waals surface area contributed by atoms with E-state index in [9.17, 15) is 30.3 Å². The van der Waals surface area contributed by atoms with Crippen LogP contribution in [0.2, 0.25) is 0 Å². The minimum Gasteiger partial charge on any atom is -0.394 e. The van der Waals surface area contributed by atoms with Crippen LogP contribution in [0.5, 0.6) is 0 Å². The Kier molecular flexibility index (Phi) is 48.2. The molecule has 1 aliphatic heterocycles. The Balaban J connectivity index is 1.96. The summed E-state index contributed by atoms with van der Waals surface area (Å²) in [5, 5.41) is 54.1.